The number of aliphatic hydroxyl groups is 1. The lowest BCUT2D eigenvalue weighted by atomic mass is 9.91. The molecule has 0 aliphatic carbocycles. The average molecular weight is 292 g/mol. The smallest absolute Gasteiger partial charge is 0.119 e. The first-order valence-corrected chi connectivity index (χ1v) is 7.87. The van der Waals surface area contributed by atoms with E-state index in [1.165, 1.54) is 0 Å². The van der Waals surface area contributed by atoms with Crippen LogP contribution < -0.4 is 4.74 Å². The molecule has 1 aromatic rings. The fraction of sp³-hybridized carbons (Fsp3) is 0.647. The zero-order chi connectivity index (χ0) is 14.7. The molecule has 2 fully saturated rings. The Morgan fingerprint density at radius 1 is 1.33 bits per heavy atom. The van der Waals surface area contributed by atoms with Gasteiger partial charge >= 0.3 is 0 Å². The molecule has 0 saturated carbocycles. The third-order valence-electron chi connectivity index (χ3n) is 4.47. The summed E-state index contributed by atoms with van der Waals surface area (Å²) in [6.45, 7) is 4.19. The van der Waals surface area contributed by atoms with E-state index >= 15 is 0 Å². The second kappa shape index (κ2) is 6.34. The molecule has 2 heterocycles. The molecule has 1 aromatic carbocycles. The Bertz CT molecular complexity index is 450. The van der Waals surface area contributed by atoms with Crippen molar-refractivity contribution < 1.29 is 19.3 Å². The van der Waals surface area contributed by atoms with Gasteiger partial charge in [0.15, 0.2) is 0 Å². The van der Waals surface area contributed by atoms with E-state index in [9.17, 15) is 5.11 Å². The molecule has 0 bridgehead atoms. The van der Waals surface area contributed by atoms with E-state index in [1.54, 1.807) is 0 Å². The normalized spacial score (nSPS) is 30.5. The standard InChI is InChI=1S/C17H24O4/c1-2-16(18)13-3-5-14(6-4-13)21-15-7-9-20-17(11-15)8-10-19-12-17/h3-6,15-16,18H,2,7-12H2,1H3/t15?,16-,17?/m0/s1. The molecular weight excluding hydrogens is 268 g/mol. The predicted octanol–water partition coefficient (Wildman–Crippen LogP) is 2.85. The zero-order valence-corrected chi connectivity index (χ0v) is 12.6. The summed E-state index contributed by atoms with van der Waals surface area (Å²) in [6, 6.07) is 7.78. The minimum Gasteiger partial charge on any atom is -0.490 e. The Hall–Kier alpha value is -1.10. The molecule has 116 valence electrons. The molecule has 4 nitrogen and oxygen atoms in total. The van der Waals surface area contributed by atoms with Gasteiger partial charge in [0.2, 0.25) is 0 Å². The van der Waals surface area contributed by atoms with Crippen LogP contribution in [0, 0.1) is 0 Å². The van der Waals surface area contributed by atoms with Gasteiger partial charge in [0.05, 0.1) is 24.9 Å². The maximum atomic E-state index is 9.81. The van der Waals surface area contributed by atoms with Crippen LogP contribution >= 0.6 is 0 Å². The van der Waals surface area contributed by atoms with Crippen molar-refractivity contribution in [3.05, 3.63) is 29.8 Å². The topological polar surface area (TPSA) is 47.9 Å². The quantitative estimate of drug-likeness (QED) is 0.927. The summed E-state index contributed by atoms with van der Waals surface area (Å²) in [5.74, 6) is 0.864. The second-order valence-corrected chi connectivity index (χ2v) is 6.06. The molecule has 2 aliphatic heterocycles. The van der Waals surface area contributed by atoms with Gasteiger partial charge in [0.1, 0.15) is 11.9 Å². The van der Waals surface area contributed by atoms with E-state index in [2.05, 4.69) is 0 Å². The molecule has 2 aliphatic rings. The van der Waals surface area contributed by atoms with E-state index in [1.807, 2.05) is 31.2 Å². The fourth-order valence-electron chi connectivity index (χ4n) is 3.14. The van der Waals surface area contributed by atoms with Crippen molar-refractivity contribution >= 4 is 0 Å². The van der Waals surface area contributed by atoms with Crippen LogP contribution in [0.3, 0.4) is 0 Å². The molecular formula is C17H24O4. The molecule has 4 heteroatoms. The van der Waals surface area contributed by atoms with Crippen molar-refractivity contribution in [2.24, 2.45) is 0 Å². The van der Waals surface area contributed by atoms with Crippen molar-refractivity contribution in [2.75, 3.05) is 19.8 Å². The molecule has 1 spiro atoms. The van der Waals surface area contributed by atoms with Gasteiger partial charge < -0.3 is 19.3 Å². The van der Waals surface area contributed by atoms with E-state index in [0.717, 1.165) is 50.2 Å². The molecule has 0 radical (unpaired) electrons. The van der Waals surface area contributed by atoms with E-state index in [-0.39, 0.29) is 17.8 Å². The van der Waals surface area contributed by atoms with Gasteiger partial charge in [-0.2, -0.15) is 0 Å². The van der Waals surface area contributed by atoms with Crippen molar-refractivity contribution in [3.8, 4) is 5.75 Å². The van der Waals surface area contributed by atoms with Gasteiger partial charge in [-0.25, -0.2) is 0 Å². The van der Waals surface area contributed by atoms with Gasteiger partial charge in [-0.3, -0.25) is 0 Å². The highest BCUT2D eigenvalue weighted by atomic mass is 16.6. The van der Waals surface area contributed by atoms with Crippen LogP contribution in [0.2, 0.25) is 0 Å². The Labute approximate surface area is 126 Å². The highest BCUT2D eigenvalue weighted by molar-refractivity contribution is 5.28. The highest BCUT2D eigenvalue weighted by Crippen LogP contribution is 2.34. The van der Waals surface area contributed by atoms with Gasteiger partial charge in [-0.1, -0.05) is 19.1 Å². The number of ether oxygens (including phenoxy) is 3. The van der Waals surface area contributed by atoms with Crippen LogP contribution in [0.4, 0.5) is 0 Å². The maximum Gasteiger partial charge on any atom is 0.119 e. The summed E-state index contributed by atoms with van der Waals surface area (Å²) in [6.07, 6.45) is 3.30. The molecule has 1 N–H and O–H groups in total. The molecule has 0 amide bonds. The third-order valence-corrected chi connectivity index (χ3v) is 4.47. The summed E-state index contributed by atoms with van der Waals surface area (Å²) in [7, 11) is 0. The summed E-state index contributed by atoms with van der Waals surface area (Å²) in [5.41, 5.74) is 0.818. The van der Waals surface area contributed by atoms with E-state index in [0.29, 0.717) is 6.61 Å². The van der Waals surface area contributed by atoms with Crippen molar-refractivity contribution in [1.82, 2.24) is 0 Å². The number of benzene rings is 1. The number of aliphatic hydroxyl groups excluding tert-OH is 1. The zero-order valence-electron chi connectivity index (χ0n) is 12.6. The summed E-state index contributed by atoms with van der Waals surface area (Å²) in [4.78, 5) is 0. The Morgan fingerprint density at radius 3 is 2.81 bits per heavy atom. The lowest BCUT2D eigenvalue weighted by Crippen LogP contribution is -2.44. The minimum absolute atomic E-state index is 0.124. The van der Waals surface area contributed by atoms with Crippen molar-refractivity contribution in [1.29, 1.82) is 0 Å². The molecule has 21 heavy (non-hydrogen) atoms. The largest absolute Gasteiger partial charge is 0.490 e. The van der Waals surface area contributed by atoms with E-state index < -0.39 is 0 Å². The first-order valence-electron chi connectivity index (χ1n) is 7.87. The maximum absolute atomic E-state index is 9.81. The van der Waals surface area contributed by atoms with Gasteiger partial charge in [0.25, 0.3) is 0 Å². The van der Waals surface area contributed by atoms with Gasteiger partial charge in [-0.05, 0) is 24.1 Å². The predicted molar refractivity (Wildman–Crippen MR) is 79.5 cm³/mol. The number of hydrogen-bond acceptors (Lipinski definition) is 4. The van der Waals surface area contributed by atoms with Gasteiger partial charge in [-0.15, -0.1) is 0 Å². The SMILES string of the molecule is CC[C@H](O)c1ccc(OC2CCOC3(CCOC3)C2)cc1. The first-order chi connectivity index (χ1) is 10.2. The summed E-state index contributed by atoms with van der Waals surface area (Å²) in [5, 5.41) is 9.81. The van der Waals surface area contributed by atoms with Crippen LogP contribution in [0.1, 0.15) is 44.3 Å². The number of rotatable bonds is 4. The molecule has 2 saturated heterocycles. The minimum atomic E-state index is -0.388. The average Bonchev–Trinajstić information content (AvgIpc) is 2.95. The molecule has 3 atom stereocenters. The highest BCUT2D eigenvalue weighted by Gasteiger charge is 2.41. The van der Waals surface area contributed by atoms with Crippen LogP contribution in [0.25, 0.3) is 0 Å². The van der Waals surface area contributed by atoms with Crippen LogP contribution in [0.5, 0.6) is 5.75 Å². The third kappa shape index (κ3) is 3.39. The Kier molecular flexibility index (Phi) is 4.48. The van der Waals surface area contributed by atoms with Crippen LogP contribution in [-0.4, -0.2) is 36.6 Å². The van der Waals surface area contributed by atoms with Crippen molar-refractivity contribution in [2.45, 2.75) is 50.4 Å². The lowest BCUT2D eigenvalue weighted by molar-refractivity contribution is -0.112. The Balaban J connectivity index is 1.60. The van der Waals surface area contributed by atoms with E-state index in [4.69, 9.17) is 14.2 Å². The second-order valence-electron chi connectivity index (χ2n) is 6.06. The first kappa shape index (κ1) is 14.8. The summed E-state index contributed by atoms with van der Waals surface area (Å²) < 4.78 is 17.5. The molecule has 2 unspecified atom stereocenters. The van der Waals surface area contributed by atoms with Crippen molar-refractivity contribution in [3.63, 3.8) is 0 Å². The summed E-state index contributed by atoms with van der Waals surface area (Å²) >= 11 is 0. The molecule has 0 aromatic heterocycles. The number of hydrogen-bond donors (Lipinski definition) is 1. The monoisotopic (exact) mass is 292 g/mol. The fourth-order valence-corrected chi connectivity index (χ4v) is 3.14. The van der Waals surface area contributed by atoms with Crippen LogP contribution in [-0.2, 0) is 9.47 Å². The lowest BCUT2D eigenvalue weighted by Gasteiger charge is -2.37. The Morgan fingerprint density at radius 2 is 2.14 bits per heavy atom. The van der Waals surface area contributed by atoms with Gasteiger partial charge in [0, 0.05) is 25.9 Å². The molecule has 3 rings (SSSR count). The van der Waals surface area contributed by atoms with Crippen LogP contribution in [0.15, 0.2) is 24.3 Å².